The van der Waals surface area contributed by atoms with Crippen molar-refractivity contribution in [1.29, 1.82) is 0 Å². The van der Waals surface area contributed by atoms with Gasteiger partial charge in [-0.25, -0.2) is 8.42 Å². The second-order valence-electron chi connectivity index (χ2n) is 6.68. The summed E-state index contributed by atoms with van der Waals surface area (Å²) in [5.41, 5.74) is 0.862. The molecule has 8 heteroatoms. The van der Waals surface area contributed by atoms with Crippen molar-refractivity contribution in [2.75, 3.05) is 32.0 Å². The number of anilines is 1. The number of likely N-dealkylation sites (N-methyl/N-ethyl adjacent to an activating group) is 1. The molecule has 1 heterocycles. The molecule has 0 aliphatic carbocycles. The molecule has 1 atom stereocenters. The summed E-state index contributed by atoms with van der Waals surface area (Å²) in [7, 11) is -0.486. The monoisotopic (exact) mass is 404 g/mol. The van der Waals surface area contributed by atoms with E-state index in [-0.39, 0.29) is 16.9 Å². The lowest BCUT2D eigenvalue weighted by Gasteiger charge is -2.21. The summed E-state index contributed by atoms with van der Waals surface area (Å²) in [6, 6.07) is 12.5. The molecule has 0 spiro atoms. The molecule has 0 bridgehead atoms. The van der Waals surface area contributed by atoms with Crippen LogP contribution in [0.5, 0.6) is 5.75 Å². The van der Waals surface area contributed by atoms with Crippen molar-refractivity contribution in [1.82, 2.24) is 4.90 Å². The van der Waals surface area contributed by atoms with E-state index >= 15 is 0 Å². The quantitative estimate of drug-likeness (QED) is 0.767. The summed E-state index contributed by atoms with van der Waals surface area (Å²) in [5, 5.41) is 0. The Balaban J connectivity index is 1.67. The minimum Gasteiger partial charge on any atom is -0.497 e. The van der Waals surface area contributed by atoms with Gasteiger partial charge in [0, 0.05) is 31.5 Å². The minimum atomic E-state index is -3.75. The van der Waals surface area contributed by atoms with Crippen molar-refractivity contribution in [3.8, 4) is 5.75 Å². The number of carbonyl (C=O) groups excluding carboxylic acids is 1. The fourth-order valence-electron chi connectivity index (χ4n) is 3.05. The number of carbonyl (C=O) groups is 1. The van der Waals surface area contributed by atoms with Gasteiger partial charge in [0.05, 0.1) is 18.1 Å². The molecule has 7 nitrogen and oxygen atoms in total. The number of amides is 1. The summed E-state index contributed by atoms with van der Waals surface area (Å²) in [6.45, 7) is 1.26. The fourth-order valence-corrected chi connectivity index (χ4v) is 4.11. The minimum absolute atomic E-state index is 0.0716. The number of methoxy groups -OCH3 is 1. The van der Waals surface area contributed by atoms with E-state index in [0.29, 0.717) is 23.5 Å². The molecule has 2 aromatic rings. The van der Waals surface area contributed by atoms with E-state index < -0.39 is 10.0 Å². The highest BCUT2D eigenvalue weighted by atomic mass is 32.2. The Bertz CT molecular complexity index is 905. The molecule has 3 rings (SSSR count). The molecule has 150 valence electrons. The van der Waals surface area contributed by atoms with Gasteiger partial charge in [-0.2, -0.15) is 0 Å². The first-order valence-corrected chi connectivity index (χ1v) is 10.5. The van der Waals surface area contributed by atoms with E-state index in [2.05, 4.69) is 4.72 Å². The summed E-state index contributed by atoms with van der Waals surface area (Å²) < 4.78 is 38.2. The van der Waals surface area contributed by atoms with Crippen LogP contribution in [-0.4, -0.2) is 52.6 Å². The van der Waals surface area contributed by atoms with Crippen molar-refractivity contribution >= 4 is 21.6 Å². The van der Waals surface area contributed by atoms with Crippen LogP contribution in [0.3, 0.4) is 0 Å². The third-order valence-corrected chi connectivity index (χ3v) is 6.00. The molecule has 28 heavy (non-hydrogen) atoms. The van der Waals surface area contributed by atoms with Crippen LogP contribution >= 0.6 is 0 Å². The number of ether oxygens (including phenoxy) is 2. The van der Waals surface area contributed by atoms with Crippen LogP contribution in [0.25, 0.3) is 0 Å². The van der Waals surface area contributed by atoms with Crippen molar-refractivity contribution in [3.05, 3.63) is 54.1 Å². The molecule has 1 fully saturated rings. The highest BCUT2D eigenvalue weighted by Crippen LogP contribution is 2.20. The number of hydrogen-bond acceptors (Lipinski definition) is 5. The Kier molecular flexibility index (Phi) is 6.21. The number of sulfonamides is 1. The van der Waals surface area contributed by atoms with E-state index in [1.54, 1.807) is 43.3 Å². The Labute approximate surface area is 165 Å². The van der Waals surface area contributed by atoms with E-state index in [0.717, 1.165) is 19.4 Å². The zero-order valence-electron chi connectivity index (χ0n) is 15.9. The first-order valence-electron chi connectivity index (χ1n) is 9.03. The highest BCUT2D eigenvalue weighted by molar-refractivity contribution is 7.92. The zero-order chi connectivity index (χ0) is 20.1. The van der Waals surface area contributed by atoms with Crippen LogP contribution in [0.1, 0.15) is 23.2 Å². The highest BCUT2D eigenvalue weighted by Gasteiger charge is 2.21. The van der Waals surface area contributed by atoms with E-state index in [1.165, 1.54) is 24.3 Å². The molecule has 1 aliphatic rings. The normalized spacial score (nSPS) is 16.6. The Morgan fingerprint density at radius 1 is 1.18 bits per heavy atom. The zero-order valence-corrected chi connectivity index (χ0v) is 16.7. The van der Waals surface area contributed by atoms with Gasteiger partial charge >= 0.3 is 0 Å². The number of nitrogens with one attached hydrogen (secondary N) is 1. The number of hydrogen-bond donors (Lipinski definition) is 1. The lowest BCUT2D eigenvalue weighted by atomic mass is 10.2. The van der Waals surface area contributed by atoms with Crippen molar-refractivity contribution in [3.63, 3.8) is 0 Å². The molecular weight excluding hydrogens is 380 g/mol. The number of benzene rings is 2. The molecule has 1 unspecified atom stereocenters. The smallest absolute Gasteiger partial charge is 0.261 e. The van der Waals surface area contributed by atoms with Crippen LogP contribution in [0, 0.1) is 0 Å². The first kappa shape index (κ1) is 20.2. The van der Waals surface area contributed by atoms with Gasteiger partial charge in [0.1, 0.15) is 5.75 Å². The van der Waals surface area contributed by atoms with Crippen LogP contribution in [-0.2, 0) is 14.8 Å². The van der Waals surface area contributed by atoms with E-state index in [1.807, 2.05) is 0 Å². The second kappa shape index (κ2) is 8.62. The molecular formula is C20H24N2O5S. The summed E-state index contributed by atoms with van der Waals surface area (Å²) >= 11 is 0. The fraction of sp³-hybridized carbons (Fsp3) is 0.350. The molecule has 0 radical (unpaired) electrons. The van der Waals surface area contributed by atoms with E-state index in [9.17, 15) is 13.2 Å². The summed E-state index contributed by atoms with van der Waals surface area (Å²) in [6.07, 6.45) is 2.04. The van der Waals surface area contributed by atoms with Crippen LogP contribution < -0.4 is 9.46 Å². The average molecular weight is 404 g/mol. The maximum atomic E-state index is 12.5. The number of nitrogens with zero attached hydrogens (tertiary/aromatic N) is 1. The summed E-state index contributed by atoms with van der Waals surface area (Å²) in [5.74, 6) is 0.473. The van der Waals surface area contributed by atoms with Gasteiger partial charge in [0.15, 0.2) is 0 Å². The van der Waals surface area contributed by atoms with Crippen molar-refractivity contribution in [2.45, 2.75) is 23.8 Å². The third kappa shape index (κ3) is 4.82. The van der Waals surface area contributed by atoms with Crippen molar-refractivity contribution in [2.24, 2.45) is 0 Å². The summed E-state index contributed by atoms with van der Waals surface area (Å²) in [4.78, 5) is 14.2. The van der Waals surface area contributed by atoms with Gasteiger partial charge in [0.25, 0.3) is 15.9 Å². The van der Waals surface area contributed by atoms with Crippen molar-refractivity contribution < 1.29 is 22.7 Å². The first-order chi connectivity index (χ1) is 13.4. The largest absolute Gasteiger partial charge is 0.497 e. The SMILES string of the molecule is COc1ccc(NS(=O)(=O)c2ccc(C(=O)N(C)CC3CCCO3)cc2)cc1. The molecule has 0 saturated carbocycles. The molecule has 1 N–H and O–H groups in total. The van der Waals surface area contributed by atoms with E-state index in [4.69, 9.17) is 9.47 Å². The molecule has 1 amide bonds. The number of rotatable bonds is 7. The Hall–Kier alpha value is -2.58. The van der Waals surface area contributed by atoms with Gasteiger partial charge in [0.2, 0.25) is 0 Å². The predicted octanol–water partition coefficient (Wildman–Crippen LogP) is 2.75. The van der Waals surface area contributed by atoms with Gasteiger partial charge in [-0.05, 0) is 61.4 Å². The Morgan fingerprint density at radius 2 is 1.86 bits per heavy atom. The van der Waals surface area contributed by atoms with Gasteiger partial charge < -0.3 is 14.4 Å². The van der Waals surface area contributed by atoms with Gasteiger partial charge in [-0.15, -0.1) is 0 Å². The third-order valence-electron chi connectivity index (χ3n) is 4.60. The Morgan fingerprint density at radius 3 is 2.43 bits per heavy atom. The average Bonchev–Trinajstić information content (AvgIpc) is 3.21. The van der Waals surface area contributed by atoms with Gasteiger partial charge in [-0.1, -0.05) is 0 Å². The van der Waals surface area contributed by atoms with Crippen LogP contribution in [0.2, 0.25) is 0 Å². The molecule has 0 aromatic heterocycles. The second-order valence-corrected chi connectivity index (χ2v) is 8.36. The maximum Gasteiger partial charge on any atom is 0.261 e. The lowest BCUT2D eigenvalue weighted by Crippen LogP contribution is -2.34. The van der Waals surface area contributed by atoms with Crippen LogP contribution in [0.4, 0.5) is 5.69 Å². The van der Waals surface area contributed by atoms with Crippen LogP contribution in [0.15, 0.2) is 53.4 Å². The molecule has 2 aromatic carbocycles. The standard InChI is InChI=1S/C20H24N2O5S/c1-22(14-18-4-3-13-27-18)20(23)15-5-11-19(12-6-15)28(24,25)21-16-7-9-17(26-2)10-8-16/h5-12,18,21H,3-4,13-14H2,1-2H3. The predicted molar refractivity (Wildman–Crippen MR) is 106 cm³/mol. The molecule has 1 saturated heterocycles. The lowest BCUT2D eigenvalue weighted by molar-refractivity contribution is 0.0587. The topological polar surface area (TPSA) is 84.9 Å². The van der Waals surface area contributed by atoms with Gasteiger partial charge in [-0.3, -0.25) is 9.52 Å². The maximum absolute atomic E-state index is 12.5. The molecule has 1 aliphatic heterocycles.